The summed E-state index contributed by atoms with van der Waals surface area (Å²) in [4.78, 5) is 13.0. The van der Waals surface area contributed by atoms with E-state index in [-0.39, 0.29) is 6.42 Å². The summed E-state index contributed by atoms with van der Waals surface area (Å²) in [5, 5.41) is 11.8. The summed E-state index contributed by atoms with van der Waals surface area (Å²) in [6.45, 7) is 3.96. The molecule has 0 saturated heterocycles. The fourth-order valence-electron chi connectivity index (χ4n) is 1.45. The molecule has 3 nitrogen and oxygen atoms in total. The zero-order chi connectivity index (χ0) is 11.8. The molecule has 0 aliphatic carbocycles. The summed E-state index contributed by atoms with van der Waals surface area (Å²) in [6.07, 6.45) is 3.06. The Hall–Kier alpha value is -0.870. The topological polar surface area (TPSA) is 49.3 Å². The van der Waals surface area contributed by atoms with Crippen molar-refractivity contribution >= 4 is 17.3 Å². The van der Waals surface area contributed by atoms with Gasteiger partial charge in [0.25, 0.3) is 0 Å². The summed E-state index contributed by atoms with van der Waals surface area (Å²) in [7, 11) is 0. The van der Waals surface area contributed by atoms with Gasteiger partial charge in [-0.15, -0.1) is 11.3 Å². The monoisotopic (exact) mass is 241 g/mol. The van der Waals surface area contributed by atoms with Gasteiger partial charge in [0.1, 0.15) is 0 Å². The van der Waals surface area contributed by atoms with Gasteiger partial charge in [0, 0.05) is 22.7 Å². The van der Waals surface area contributed by atoms with Gasteiger partial charge in [-0.25, -0.2) is 0 Å². The minimum Gasteiger partial charge on any atom is -0.481 e. The van der Waals surface area contributed by atoms with Crippen LogP contribution in [0.2, 0.25) is 0 Å². The third-order valence-electron chi connectivity index (χ3n) is 2.36. The SMILES string of the molecule is CCc1ccc(CNCCCCC(=O)O)s1. The molecule has 0 fully saturated rings. The van der Waals surface area contributed by atoms with Crippen LogP contribution in [0.15, 0.2) is 12.1 Å². The van der Waals surface area contributed by atoms with E-state index in [1.54, 1.807) is 0 Å². The van der Waals surface area contributed by atoms with Crippen molar-refractivity contribution in [1.82, 2.24) is 5.32 Å². The Labute approximate surface area is 100 Å². The Morgan fingerprint density at radius 2 is 2.12 bits per heavy atom. The van der Waals surface area contributed by atoms with Crippen LogP contribution in [-0.2, 0) is 17.8 Å². The van der Waals surface area contributed by atoms with Crippen molar-refractivity contribution in [2.45, 2.75) is 39.2 Å². The Bertz CT molecular complexity index is 323. The molecule has 0 amide bonds. The second kappa shape index (κ2) is 7.41. The van der Waals surface area contributed by atoms with E-state index < -0.39 is 5.97 Å². The Morgan fingerprint density at radius 3 is 2.75 bits per heavy atom. The highest BCUT2D eigenvalue weighted by molar-refractivity contribution is 7.11. The predicted molar refractivity (Wildman–Crippen MR) is 66.9 cm³/mol. The van der Waals surface area contributed by atoms with E-state index in [1.165, 1.54) is 9.75 Å². The number of carboxylic acids is 1. The number of thiophene rings is 1. The van der Waals surface area contributed by atoms with E-state index in [0.29, 0.717) is 0 Å². The molecule has 4 heteroatoms. The lowest BCUT2D eigenvalue weighted by Gasteiger charge is -2.01. The maximum absolute atomic E-state index is 10.3. The van der Waals surface area contributed by atoms with Crippen molar-refractivity contribution in [1.29, 1.82) is 0 Å². The summed E-state index contributed by atoms with van der Waals surface area (Å²) in [6, 6.07) is 4.33. The zero-order valence-corrected chi connectivity index (χ0v) is 10.5. The van der Waals surface area contributed by atoms with E-state index in [0.717, 1.165) is 32.4 Å². The standard InChI is InChI=1S/C12H19NO2S/c1-2-10-6-7-11(16-10)9-13-8-4-3-5-12(14)15/h6-7,13H,2-5,8-9H2,1H3,(H,14,15). The lowest BCUT2D eigenvalue weighted by Crippen LogP contribution is -2.14. The molecule has 0 bridgehead atoms. The van der Waals surface area contributed by atoms with Crippen LogP contribution in [0.1, 0.15) is 35.9 Å². The molecular weight excluding hydrogens is 222 g/mol. The molecule has 16 heavy (non-hydrogen) atoms. The molecule has 0 atom stereocenters. The van der Waals surface area contributed by atoms with Crippen LogP contribution in [0.3, 0.4) is 0 Å². The summed E-state index contributed by atoms with van der Waals surface area (Å²) >= 11 is 1.84. The van der Waals surface area contributed by atoms with Crippen molar-refractivity contribution < 1.29 is 9.90 Å². The van der Waals surface area contributed by atoms with E-state index >= 15 is 0 Å². The van der Waals surface area contributed by atoms with Crippen molar-refractivity contribution in [3.05, 3.63) is 21.9 Å². The van der Waals surface area contributed by atoms with E-state index in [4.69, 9.17) is 5.11 Å². The largest absolute Gasteiger partial charge is 0.481 e. The lowest BCUT2D eigenvalue weighted by atomic mass is 10.2. The van der Waals surface area contributed by atoms with Gasteiger partial charge in [-0.2, -0.15) is 0 Å². The molecule has 0 spiro atoms. The maximum Gasteiger partial charge on any atom is 0.303 e. The molecule has 1 rings (SSSR count). The van der Waals surface area contributed by atoms with Gasteiger partial charge >= 0.3 is 5.97 Å². The van der Waals surface area contributed by atoms with Gasteiger partial charge in [0.05, 0.1) is 0 Å². The molecule has 0 radical (unpaired) electrons. The van der Waals surface area contributed by atoms with Crippen LogP contribution in [0, 0.1) is 0 Å². The highest BCUT2D eigenvalue weighted by atomic mass is 32.1. The van der Waals surface area contributed by atoms with Crippen LogP contribution in [-0.4, -0.2) is 17.6 Å². The molecule has 1 aromatic rings. The minimum absolute atomic E-state index is 0.278. The number of aliphatic carboxylic acids is 1. The normalized spacial score (nSPS) is 10.6. The molecule has 0 aliphatic heterocycles. The number of hydrogen-bond acceptors (Lipinski definition) is 3. The zero-order valence-electron chi connectivity index (χ0n) is 9.66. The maximum atomic E-state index is 10.3. The molecule has 0 aromatic carbocycles. The smallest absolute Gasteiger partial charge is 0.303 e. The highest BCUT2D eigenvalue weighted by Crippen LogP contribution is 2.16. The van der Waals surface area contributed by atoms with Crippen molar-refractivity contribution in [3.63, 3.8) is 0 Å². The van der Waals surface area contributed by atoms with Crippen LogP contribution in [0.25, 0.3) is 0 Å². The van der Waals surface area contributed by atoms with Crippen molar-refractivity contribution in [3.8, 4) is 0 Å². The number of carboxylic acid groups (broad SMARTS) is 1. The second-order valence-corrected chi connectivity index (χ2v) is 5.00. The number of unbranched alkanes of at least 4 members (excludes halogenated alkanes) is 1. The molecular formula is C12H19NO2S. The summed E-state index contributed by atoms with van der Waals surface area (Å²) in [5.74, 6) is -0.703. The third kappa shape index (κ3) is 5.28. The summed E-state index contributed by atoms with van der Waals surface area (Å²) < 4.78 is 0. The third-order valence-corrected chi connectivity index (χ3v) is 3.59. The number of hydrogen-bond donors (Lipinski definition) is 2. The van der Waals surface area contributed by atoms with Gasteiger partial charge in [-0.3, -0.25) is 4.79 Å². The fraction of sp³-hybridized carbons (Fsp3) is 0.583. The van der Waals surface area contributed by atoms with E-state index in [9.17, 15) is 4.79 Å². The van der Waals surface area contributed by atoms with Gasteiger partial charge in [-0.1, -0.05) is 6.92 Å². The molecule has 90 valence electrons. The average molecular weight is 241 g/mol. The predicted octanol–water partition coefficient (Wildman–Crippen LogP) is 2.66. The number of nitrogens with one attached hydrogen (secondary N) is 1. The first-order chi connectivity index (χ1) is 7.72. The Kier molecular flexibility index (Phi) is 6.11. The summed E-state index contributed by atoms with van der Waals surface area (Å²) in [5.41, 5.74) is 0. The van der Waals surface area contributed by atoms with Gasteiger partial charge < -0.3 is 10.4 Å². The van der Waals surface area contributed by atoms with Crippen LogP contribution in [0.5, 0.6) is 0 Å². The van der Waals surface area contributed by atoms with Gasteiger partial charge in [0.15, 0.2) is 0 Å². The second-order valence-electron chi connectivity index (χ2n) is 3.75. The number of aryl methyl sites for hydroxylation is 1. The molecule has 0 unspecified atom stereocenters. The molecule has 2 N–H and O–H groups in total. The van der Waals surface area contributed by atoms with Gasteiger partial charge in [-0.05, 0) is 37.9 Å². The number of carbonyl (C=O) groups is 1. The minimum atomic E-state index is -0.703. The Morgan fingerprint density at radius 1 is 1.38 bits per heavy atom. The fourth-order valence-corrected chi connectivity index (χ4v) is 2.37. The molecule has 1 aromatic heterocycles. The first kappa shape index (κ1) is 13.2. The highest BCUT2D eigenvalue weighted by Gasteiger charge is 1.99. The van der Waals surface area contributed by atoms with E-state index in [1.807, 2.05) is 11.3 Å². The van der Waals surface area contributed by atoms with E-state index in [2.05, 4.69) is 24.4 Å². The quantitative estimate of drug-likeness (QED) is 0.688. The molecule has 1 heterocycles. The van der Waals surface area contributed by atoms with Gasteiger partial charge in [0.2, 0.25) is 0 Å². The lowest BCUT2D eigenvalue weighted by molar-refractivity contribution is -0.137. The van der Waals surface area contributed by atoms with Crippen LogP contribution >= 0.6 is 11.3 Å². The van der Waals surface area contributed by atoms with Crippen molar-refractivity contribution in [2.24, 2.45) is 0 Å². The van der Waals surface area contributed by atoms with Crippen molar-refractivity contribution in [2.75, 3.05) is 6.54 Å². The van der Waals surface area contributed by atoms with Crippen LogP contribution < -0.4 is 5.32 Å². The number of rotatable bonds is 8. The first-order valence-corrected chi connectivity index (χ1v) is 6.54. The average Bonchev–Trinajstić information content (AvgIpc) is 2.70. The molecule has 0 saturated carbocycles. The van der Waals surface area contributed by atoms with Crippen LogP contribution in [0.4, 0.5) is 0 Å². The first-order valence-electron chi connectivity index (χ1n) is 5.72. The molecule has 0 aliphatic rings. The Balaban J connectivity index is 2.04.